The molecular weight excluding hydrogens is 417 g/mol. The lowest BCUT2D eigenvalue weighted by atomic mass is 10.1. The quantitative estimate of drug-likeness (QED) is 0.538. The predicted octanol–water partition coefficient (Wildman–Crippen LogP) is 2.73. The lowest BCUT2D eigenvalue weighted by Crippen LogP contribution is -2.49. The van der Waals surface area contributed by atoms with Gasteiger partial charge >= 0.3 is 6.18 Å². The van der Waals surface area contributed by atoms with Crippen LogP contribution in [0.15, 0.2) is 27.6 Å². The Hall–Kier alpha value is -2.67. The minimum atomic E-state index is -4.70. The molecule has 29 heavy (non-hydrogen) atoms. The van der Waals surface area contributed by atoms with Gasteiger partial charge in [-0.25, -0.2) is 8.42 Å². The van der Waals surface area contributed by atoms with Gasteiger partial charge in [-0.3, -0.25) is 10.1 Å². The molecule has 3 rings (SSSR count). The molecule has 0 spiro atoms. The minimum Gasteiger partial charge on any atom is -0.363 e. The van der Waals surface area contributed by atoms with E-state index in [0.29, 0.717) is 6.07 Å². The van der Waals surface area contributed by atoms with Gasteiger partial charge in [0.1, 0.15) is 16.3 Å². The van der Waals surface area contributed by atoms with Gasteiger partial charge in [-0.2, -0.15) is 17.5 Å². The van der Waals surface area contributed by atoms with E-state index >= 15 is 0 Å². The van der Waals surface area contributed by atoms with Crippen molar-refractivity contribution in [1.82, 2.24) is 9.46 Å². The van der Waals surface area contributed by atoms with Crippen LogP contribution < -0.4 is 4.90 Å². The number of benzene rings is 1. The van der Waals surface area contributed by atoms with Gasteiger partial charge in [0.25, 0.3) is 5.69 Å². The van der Waals surface area contributed by atoms with Crippen LogP contribution in [-0.2, 0) is 16.2 Å². The maximum Gasteiger partial charge on any atom is 0.416 e. The van der Waals surface area contributed by atoms with Crippen molar-refractivity contribution in [1.29, 1.82) is 0 Å². The number of nitro benzene ring substituents is 1. The topological polar surface area (TPSA) is 110 Å². The number of piperazine rings is 1. The van der Waals surface area contributed by atoms with Gasteiger partial charge in [-0.05, 0) is 26.0 Å². The first-order chi connectivity index (χ1) is 13.4. The molecule has 0 radical (unpaired) electrons. The summed E-state index contributed by atoms with van der Waals surface area (Å²) in [5, 5.41) is 14.9. The summed E-state index contributed by atoms with van der Waals surface area (Å²) in [6.07, 6.45) is -4.70. The highest BCUT2D eigenvalue weighted by Gasteiger charge is 2.36. The van der Waals surface area contributed by atoms with Gasteiger partial charge in [0.05, 0.1) is 10.5 Å². The van der Waals surface area contributed by atoms with Crippen LogP contribution in [0, 0.1) is 24.0 Å². The number of alkyl halides is 3. The summed E-state index contributed by atoms with van der Waals surface area (Å²) in [6.45, 7) is 3.15. The fourth-order valence-electron chi connectivity index (χ4n) is 3.25. The van der Waals surface area contributed by atoms with Crippen LogP contribution >= 0.6 is 0 Å². The van der Waals surface area contributed by atoms with E-state index in [1.807, 2.05) is 0 Å². The van der Waals surface area contributed by atoms with E-state index in [0.717, 1.165) is 12.1 Å². The number of aromatic nitrogens is 1. The molecule has 1 saturated heterocycles. The predicted molar refractivity (Wildman–Crippen MR) is 95.0 cm³/mol. The Labute approximate surface area is 163 Å². The van der Waals surface area contributed by atoms with Crippen molar-refractivity contribution in [2.24, 2.45) is 0 Å². The summed E-state index contributed by atoms with van der Waals surface area (Å²) < 4.78 is 70.4. The summed E-state index contributed by atoms with van der Waals surface area (Å²) in [5.41, 5.74) is -1.56. The first kappa shape index (κ1) is 21.0. The number of nitrogens with zero attached hydrogens (tertiary/aromatic N) is 4. The first-order valence-electron chi connectivity index (χ1n) is 8.46. The second-order valence-electron chi connectivity index (χ2n) is 6.50. The molecule has 0 aliphatic carbocycles. The number of aryl methyl sites for hydroxylation is 2. The van der Waals surface area contributed by atoms with Gasteiger partial charge < -0.3 is 9.42 Å². The van der Waals surface area contributed by atoms with Gasteiger partial charge in [0, 0.05) is 32.2 Å². The maximum absolute atomic E-state index is 12.9. The maximum atomic E-state index is 12.9. The average molecular weight is 434 g/mol. The van der Waals surface area contributed by atoms with E-state index in [1.165, 1.54) is 23.1 Å². The summed E-state index contributed by atoms with van der Waals surface area (Å²) in [4.78, 5) is 11.9. The van der Waals surface area contributed by atoms with Crippen LogP contribution in [-0.4, -0.2) is 49.0 Å². The number of rotatable bonds is 4. The summed E-state index contributed by atoms with van der Waals surface area (Å²) in [7, 11) is -3.87. The van der Waals surface area contributed by atoms with Crippen molar-refractivity contribution in [2.45, 2.75) is 24.9 Å². The molecule has 2 aromatic rings. The SMILES string of the molecule is Cc1noc(C)c1S(=O)(=O)N1CCN(c2ccc(C(F)(F)F)cc2[N+](=O)[O-])CC1. The number of hydrogen-bond acceptors (Lipinski definition) is 7. The van der Waals surface area contributed by atoms with E-state index in [9.17, 15) is 31.7 Å². The standard InChI is InChI=1S/C16H17F3N4O5S/c1-10-15(11(2)28-20-10)29(26,27)22-7-5-21(6-8-22)13-4-3-12(16(17,18)19)9-14(13)23(24)25/h3-4,9H,5-8H2,1-2H3. The Balaban J connectivity index is 1.83. The fraction of sp³-hybridized carbons (Fsp3) is 0.438. The Morgan fingerprint density at radius 3 is 2.28 bits per heavy atom. The monoisotopic (exact) mass is 434 g/mol. The van der Waals surface area contributed by atoms with Crippen LogP contribution in [0.4, 0.5) is 24.5 Å². The average Bonchev–Trinajstić information content (AvgIpc) is 2.99. The zero-order chi connectivity index (χ0) is 21.6. The van der Waals surface area contributed by atoms with Crippen molar-refractivity contribution in [2.75, 3.05) is 31.1 Å². The van der Waals surface area contributed by atoms with E-state index in [2.05, 4.69) is 5.16 Å². The fourth-order valence-corrected chi connectivity index (χ4v) is 4.97. The molecule has 0 atom stereocenters. The van der Waals surface area contributed by atoms with Gasteiger partial charge in [0.15, 0.2) is 5.76 Å². The minimum absolute atomic E-state index is 0.00453. The Kier molecular flexibility index (Phi) is 5.30. The van der Waals surface area contributed by atoms with Crippen molar-refractivity contribution in [3.63, 3.8) is 0 Å². The molecule has 0 saturated carbocycles. The molecule has 0 bridgehead atoms. The van der Waals surface area contributed by atoms with E-state index in [1.54, 1.807) is 0 Å². The van der Waals surface area contributed by atoms with E-state index in [-0.39, 0.29) is 48.2 Å². The molecular formula is C16H17F3N4O5S. The third-order valence-electron chi connectivity index (χ3n) is 4.64. The number of sulfonamides is 1. The summed E-state index contributed by atoms with van der Waals surface area (Å²) in [5.74, 6) is 0.156. The normalized spacial score (nSPS) is 16.2. The lowest BCUT2D eigenvalue weighted by Gasteiger charge is -2.35. The number of anilines is 1. The Morgan fingerprint density at radius 1 is 1.17 bits per heavy atom. The largest absolute Gasteiger partial charge is 0.416 e. The Bertz CT molecular complexity index is 1020. The van der Waals surface area contributed by atoms with Crippen LogP contribution in [0.1, 0.15) is 17.0 Å². The summed E-state index contributed by atoms with van der Waals surface area (Å²) in [6, 6.07) is 2.30. The van der Waals surface area contributed by atoms with E-state index < -0.39 is 32.4 Å². The third kappa shape index (κ3) is 3.92. The van der Waals surface area contributed by atoms with Crippen LogP contribution in [0.3, 0.4) is 0 Å². The van der Waals surface area contributed by atoms with Crippen molar-refractivity contribution in [3.05, 3.63) is 45.3 Å². The molecule has 158 valence electrons. The van der Waals surface area contributed by atoms with Crippen molar-refractivity contribution >= 4 is 21.4 Å². The smallest absolute Gasteiger partial charge is 0.363 e. The number of halogens is 3. The molecule has 1 aliphatic heterocycles. The second-order valence-corrected chi connectivity index (χ2v) is 8.38. The molecule has 0 unspecified atom stereocenters. The van der Waals surface area contributed by atoms with Gasteiger partial charge in [0.2, 0.25) is 10.0 Å². The summed E-state index contributed by atoms with van der Waals surface area (Å²) >= 11 is 0. The van der Waals surface area contributed by atoms with Crippen molar-refractivity contribution in [3.8, 4) is 0 Å². The van der Waals surface area contributed by atoms with Gasteiger partial charge in [-0.1, -0.05) is 5.16 Å². The Morgan fingerprint density at radius 2 is 1.79 bits per heavy atom. The first-order valence-corrected chi connectivity index (χ1v) is 9.90. The number of hydrogen-bond donors (Lipinski definition) is 0. The molecule has 13 heteroatoms. The molecule has 1 aromatic carbocycles. The zero-order valence-corrected chi connectivity index (χ0v) is 16.2. The van der Waals surface area contributed by atoms with Crippen LogP contribution in [0.5, 0.6) is 0 Å². The third-order valence-corrected chi connectivity index (χ3v) is 6.79. The van der Waals surface area contributed by atoms with Gasteiger partial charge in [-0.15, -0.1) is 0 Å². The van der Waals surface area contributed by atoms with Crippen LogP contribution in [0.2, 0.25) is 0 Å². The second kappa shape index (κ2) is 7.30. The molecule has 0 amide bonds. The highest BCUT2D eigenvalue weighted by atomic mass is 32.2. The molecule has 2 heterocycles. The highest BCUT2D eigenvalue weighted by molar-refractivity contribution is 7.89. The van der Waals surface area contributed by atoms with E-state index in [4.69, 9.17) is 4.52 Å². The zero-order valence-electron chi connectivity index (χ0n) is 15.4. The molecule has 1 aromatic heterocycles. The van der Waals surface area contributed by atoms with Crippen molar-refractivity contribution < 1.29 is 31.0 Å². The van der Waals surface area contributed by atoms with Crippen LogP contribution in [0.25, 0.3) is 0 Å². The highest BCUT2D eigenvalue weighted by Crippen LogP contribution is 2.37. The molecule has 1 fully saturated rings. The molecule has 9 nitrogen and oxygen atoms in total. The molecule has 0 N–H and O–H groups in total. The molecule has 1 aliphatic rings. The number of nitro groups is 1. The lowest BCUT2D eigenvalue weighted by molar-refractivity contribution is -0.384.